The Morgan fingerprint density at radius 2 is 1.94 bits per heavy atom. The second-order valence-electron chi connectivity index (χ2n) is 6.83. The first-order valence-corrected chi connectivity index (χ1v) is 11.5. The van der Waals surface area contributed by atoms with Gasteiger partial charge in [-0.2, -0.15) is 0 Å². The van der Waals surface area contributed by atoms with E-state index < -0.39 is 0 Å². The molecule has 0 saturated heterocycles. The van der Waals surface area contributed by atoms with E-state index in [0.717, 1.165) is 33.3 Å². The maximum absolute atomic E-state index is 12.2. The van der Waals surface area contributed by atoms with E-state index in [-0.39, 0.29) is 5.91 Å². The molecule has 0 saturated carbocycles. The highest BCUT2D eigenvalue weighted by Crippen LogP contribution is 2.21. The molecule has 0 atom stereocenters. The van der Waals surface area contributed by atoms with Gasteiger partial charge in [-0.15, -0.1) is 22.7 Å². The van der Waals surface area contributed by atoms with Gasteiger partial charge >= 0.3 is 0 Å². The molecule has 0 aliphatic heterocycles. The number of anilines is 1. The van der Waals surface area contributed by atoms with Gasteiger partial charge in [0.25, 0.3) is 0 Å². The van der Waals surface area contributed by atoms with Gasteiger partial charge < -0.3 is 4.74 Å². The lowest BCUT2D eigenvalue weighted by Gasteiger charge is -2.04. The van der Waals surface area contributed by atoms with Gasteiger partial charge in [0.15, 0.2) is 5.13 Å². The van der Waals surface area contributed by atoms with Gasteiger partial charge in [-0.25, -0.2) is 9.97 Å². The van der Waals surface area contributed by atoms with Crippen LogP contribution in [0.3, 0.4) is 0 Å². The van der Waals surface area contributed by atoms with Gasteiger partial charge in [0, 0.05) is 29.0 Å². The van der Waals surface area contributed by atoms with E-state index >= 15 is 0 Å². The fourth-order valence-electron chi connectivity index (χ4n) is 2.87. The van der Waals surface area contributed by atoms with Crippen LogP contribution in [0.5, 0.6) is 5.75 Å². The van der Waals surface area contributed by atoms with Crippen molar-refractivity contribution in [1.82, 2.24) is 9.97 Å². The third kappa shape index (κ3) is 6.34. The standard InChI is InChI=1S/C24H21N3O2S2/c1-17-26-20(16-30-17)15-29-21-10-7-18(8-11-21)9-12-23(28)27-24-25-14-22(31-24)13-19-5-3-2-4-6-19/h2-12,14,16H,13,15H2,1H3,(H,25,27,28)/b12-9+. The zero-order chi connectivity index (χ0) is 21.5. The second kappa shape index (κ2) is 10.1. The molecule has 0 spiro atoms. The molecule has 4 rings (SSSR count). The third-order valence-corrected chi connectivity index (χ3v) is 6.10. The predicted octanol–water partition coefficient (Wildman–Crippen LogP) is 5.73. The van der Waals surface area contributed by atoms with Crippen LogP contribution in [-0.2, 0) is 17.8 Å². The molecular formula is C24H21N3O2S2. The minimum Gasteiger partial charge on any atom is -0.487 e. The number of nitrogens with zero attached hydrogens (tertiary/aromatic N) is 2. The van der Waals surface area contributed by atoms with E-state index in [1.54, 1.807) is 17.4 Å². The lowest BCUT2D eigenvalue weighted by molar-refractivity contribution is -0.111. The van der Waals surface area contributed by atoms with Crippen molar-refractivity contribution in [3.8, 4) is 5.75 Å². The molecule has 2 aromatic carbocycles. The van der Waals surface area contributed by atoms with Crippen LogP contribution in [0.2, 0.25) is 0 Å². The highest BCUT2D eigenvalue weighted by Gasteiger charge is 2.05. The molecule has 0 fully saturated rings. The van der Waals surface area contributed by atoms with Gasteiger partial charge in [-0.1, -0.05) is 42.5 Å². The van der Waals surface area contributed by atoms with Crippen LogP contribution in [0.1, 0.15) is 26.7 Å². The summed E-state index contributed by atoms with van der Waals surface area (Å²) in [5.74, 6) is 0.556. The van der Waals surface area contributed by atoms with Crippen molar-refractivity contribution in [2.45, 2.75) is 20.0 Å². The normalized spacial score (nSPS) is 11.0. The predicted molar refractivity (Wildman–Crippen MR) is 127 cm³/mol. The Bertz CT molecular complexity index is 1170. The molecule has 0 bridgehead atoms. The van der Waals surface area contributed by atoms with E-state index in [9.17, 15) is 4.79 Å². The minimum atomic E-state index is -0.208. The number of ether oxygens (including phenoxy) is 1. The van der Waals surface area contributed by atoms with Crippen LogP contribution in [0.15, 0.2) is 72.3 Å². The molecule has 0 aliphatic rings. The molecule has 0 unspecified atom stereocenters. The van der Waals surface area contributed by atoms with Crippen LogP contribution >= 0.6 is 22.7 Å². The topological polar surface area (TPSA) is 64.1 Å². The monoisotopic (exact) mass is 447 g/mol. The van der Waals surface area contributed by atoms with E-state index in [1.165, 1.54) is 23.0 Å². The summed E-state index contributed by atoms with van der Waals surface area (Å²) in [5.41, 5.74) is 3.06. The number of aryl methyl sites for hydroxylation is 1. The van der Waals surface area contributed by atoms with Gasteiger partial charge in [0.05, 0.1) is 10.7 Å². The van der Waals surface area contributed by atoms with Crippen LogP contribution in [-0.4, -0.2) is 15.9 Å². The average molecular weight is 448 g/mol. The van der Waals surface area contributed by atoms with Crippen LogP contribution < -0.4 is 10.1 Å². The molecule has 2 aromatic heterocycles. The van der Waals surface area contributed by atoms with Crippen molar-refractivity contribution in [3.63, 3.8) is 0 Å². The highest BCUT2D eigenvalue weighted by atomic mass is 32.1. The molecule has 7 heteroatoms. The summed E-state index contributed by atoms with van der Waals surface area (Å²) in [5, 5.41) is 6.45. The summed E-state index contributed by atoms with van der Waals surface area (Å²) in [6, 6.07) is 17.8. The first-order chi connectivity index (χ1) is 15.1. The van der Waals surface area contributed by atoms with Crippen molar-refractivity contribution in [2.24, 2.45) is 0 Å². The van der Waals surface area contributed by atoms with Crippen molar-refractivity contribution >= 4 is 39.8 Å². The first-order valence-electron chi connectivity index (χ1n) is 9.75. The molecule has 4 aromatic rings. The van der Waals surface area contributed by atoms with Gasteiger partial charge in [0.1, 0.15) is 12.4 Å². The molecule has 0 aliphatic carbocycles. The van der Waals surface area contributed by atoms with Crippen LogP contribution in [0.25, 0.3) is 6.08 Å². The summed E-state index contributed by atoms with van der Waals surface area (Å²) in [6.45, 7) is 2.42. The number of benzene rings is 2. The summed E-state index contributed by atoms with van der Waals surface area (Å²) in [6.07, 6.45) is 5.89. The molecular weight excluding hydrogens is 426 g/mol. The van der Waals surface area contributed by atoms with Crippen molar-refractivity contribution in [2.75, 3.05) is 5.32 Å². The third-order valence-electron chi connectivity index (χ3n) is 4.37. The summed E-state index contributed by atoms with van der Waals surface area (Å²) in [4.78, 5) is 22.0. The van der Waals surface area contributed by atoms with Gasteiger partial charge in [0.2, 0.25) is 5.91 Å². The van der Waals surface area contributed by atoms with Crippen molar-refractivity contribution < 1.29 is 9.53 Å². The maximum Gasteiger partial charge on any atom is 0.250 e. The molecule has 1 N–H and O–H groups in total. The highest BCUT2D eigenvalue weighted by molar-refractivity contribution is 7.15. The number of carbonyl (C=O) groups is 1. The quantitative estimate of drug-likeness (QED) is 0.350. The summed E-state index contributed by atoms with van der Waals surface area (Å²) < 4.78 is 5.74. The van der Waals surface area contributed by atoms with Crippen LogP contribution in [0.4, 0.5) is 5.13 Å². The fourth-order valence-corrected chi connectivity index (χ4v) is 4.32. The van der Waals surface area contributed by atoms with Crippen LogP contribution in [0, 0.1) is 6.92 Å². The Hall–Kier alpha value is -3.29. The molecule has 0 radical (unpaired) electrons. The number of amides is 1. The minimum absolute atomic E-state index is 0.208. The Balaban J connectivity index is 1.27. The molecule has 1 amide bonds. The van der Waals surface area contributed by atoms with E-state index in [1.807, 2.05) is 61.0 Å². The fraction of sp³-hybridized carbons (Fsp3) is 0.125. The zero-order valence-electron chi connectivity index (χ0n) is 16.9. The Morgan fingerprint density at radius 3 is 2.68 bits per heavy atom. The number of thiazole rings is 2. The zero-order valence-corrected chi connectivity index (χ0v) is 18.6. The van der Waals surface area contributed by atoms with Crippen molar-refractivity contribution in [1.29, 1.82) is 0 Å². The molecule has 31 heavy (non-hydrogen) atoms. The average Bonchev–Trinajstić information content (AvgIpc) is 3.40. The molecule has 2 heterocycles. The van der Waals surface area contributed by atoms with Gasteiger partial charge in [-0.3, -0.25) is 10.1 Å². The second-order valence-corrected chi connectivity index (χ2v) is 9.01. The van der Waals surface area contributed by atoms with E-state index in [4.69, 9.17) is 4.74 Å². The first kappa shape index (κ1) is 21.0. The summed E-state index contributed by atoms with van der Waals surface area (Å²) in [7, 11) is 0. The van der Waals surface area contributed by atoms with E-state index in [0.29, 0.717) is 11.7 Å². The largest absolute Gasteiger partial charge is 0.487 e. The number of carbonyl (C=O) groups excluding carboxylic acids is 1. The van der Waals surface area contributed by atoms with Gasteiger partial charge in [-0.05, 0) is 36.3 Å². The Morgan fingerprint density at radius 1 is 1.13 bits per heavy atom. The number of hydrogen-bond acceptors (Lipinski definition) is 6. The smallest absolute Gasteiger partial charge is 0.250 e. The molecule has 156 valence electrons. The number of rotatable bonds is 8. The lowest BCUT2D eigenvalue weighted by Crippen LogP contribution is -2.07. The number of aromatic nitrogens is 2. The Kier molecular flexibility index (Phi) is 6.86. The van der Waals surface area contributed by atoms with E-state index in [2.05, 4.69) is 27.4 Å². The maximum atomic E-state index is 12.2. The van der Waals surface area contributed by atoms with Crippen molar-refractivity contribution in [3.05, 3.63) is 99.0 Å². The lowest BCUT2D eigenvalue weighted by atomic mass is 10.1. The number of nitrogens with one attached hydrogen (secondary N) is 1. The Labute approximate surface area is 189 Å². The number of hydrogen-bond donors (Lipinski definition) is 1. The summed E-state index contributed by atoms with van der Waals surface area (Å²) >= 11 is 3.10. The SMILES string of the molecule is Cc1nc(COc2ccc(/C=C/C(=O)Nc3ncc(Cc4ccccc4)s3)cc2)cs1. The molecule has 5 nitrogen and oxygen atoms in total.